The molecule has 0 bridgehead atoms. The average Bonchev–Trinajstić information content (AvgIpc) is 2.46. The highest BCUT2D eigenvalue weighted by molar-refractivity contribution is 5.79. The molecule has 0 fully saturated rings. The molecule has 2 aromatic rings. The lowest BCUT2D eigenvalue weighted by atomic mass is 9.86. The van der Waals surface area contributed by atoms with E-state index in [-0.39, 0.29) is 11.9 Å². The van der Waals surface area contributed by atoms with E-state index >= 15 is 0 Å². The van der Waals surface area contributed by atoms with Gasteiger partial charge in [-0.15, -0.1) is 0 Å². The Bertz CT molecular complexity index is 644. The number of aryl methyl sites for hydroxylation is 1. The monoisotopic (exact) mass is 268 g/mol. The Morgan fingerprint density at radius 3 is 2.60 bits per heavy atom. The van der Waals surface area contributed by atoms with Crippen molar-refractivity contribution in [3.63, 3.8) is 0 Å². The van der Waals surface area contributed by atoms with E-state index in [1.165, 1.54) is 5.56 Å². The first-order valence-corrected chi connectivity index (χ1v) is 6.63. The van der Waals surface area contributed by atoms with Gasteiger partial charge in [-0.2, -0.15) is 0 Å². The van der Waals surface area contributed by atoms with Gasteiger partial charge in [0.1, 0.15) is 0 Å². The van der Waals surface area contributed by atoms with Gasteiger partial charge in [-0.05, 0) is 18.6 Å². The third-order valence-corrected chi connectivity index (χ3v) is 3.67. The van der Waals surface area contributed by atoms with Crippen molar-refractivity contribution in [2.45, 2.75) is 19.3 Å². The third-order valence-electron chi connectivity index (χ3n) is 3.67. The third kappa shape index (κ3) is 2.16. The molecule has 3 heteroatoms. The molecule has 1 atom stereocenters. The fraction of sp³-hybridized carbons (Fsp3) is 0.235. The van der Waals surface area contributed by atoms with E-state index in [1.807, 2.05) is 18.2 Å². The first kappa shape index (κ1) is 12.7. The molecule has 0 saturated heterocycles. The van der Waals surface area contributed by atoms with Gasteiger partial charge in [-0.3, -0.25) is 4.79 Å². The van der Waals surface area contributed by atoms with Crippen LogP contribution in [0.3, 0.4) is 0 Å². The highest BCUT2D eigenvalue weighted by atomic mass is 16.6. The molecule has 0 unspecified atom stereocenters. The highest BCUT2D eigenvalue weighted by Crippen LogP contribution is 2.43. The Balaban J connectivity index is 2.10. The first-order valence-electron chi connectivity index (χ1n) is 6.63. The van der Waals surface area contributed by atoms with Gasteiger partial charge >= 0.3 is 5.97 Å². The number of carbonyl (C=O) groups excluding carboxylic acids is 1. The van der Waals surface area contributed by atoms with Gasteiger partial charge < -0.3 is 9.47 Å². The van der Waals surface area contributed by atoms with Crippen molar-refractivity contribution < 1.29 is 14.3 Å². The fourth-order valence-electron chi connectivity index (χ4n) is 2.61. The topological polar surface area (TPSA) is 35.5 Å². The Morgan fingerprint density at radius 2 is 1.90 bits per heavy atom. The maximum atomic E-state index is 11.9. The van der Waals surface area contributed by atoms with Crippen molar-refractivity contribution in [1.82, 2.24) is 0 Å². The molecule has 3 rings (SSSR count). The van der Waals surface area contributed by atoms with Gasteiger partial charge in [0.2, 0.25) is 0 Å². The fourth-order valence-corrected chi connectivity index (χ4v) is 2.61. The van der Waals surface area contributed by atoms with Crippen LogP contribution in [0.2, 0.25) is 0 Å². The Kier molecular flexibility index (Phi) is 3.18. The van der Waals surface area contributed by atoms with Crippen molar-refractivity contribution in [3.8, 4) is 11.5 Å². The van der Waals surface area contributed by atoms with Crippen LogP contribution in [-0.2, 0) is 4.79 Å². The molecule has 1 aliphatic rings. The largest absolute Gasteiger partial charge is 0.493 e. The summed E-state index contributed by atoms with van der Waals surface area (Å²) in [4.78, 5) is 11.9. The summed E-state index contributed by atoms with van der Waals surface area (Å²) >= 11 is 0. The van der Waals surface area contributed by atoms with Crippen LogP contribution in [0.15, 0.2) is 42.5 Å². The maximum Gasteiger partial charge on any atom is 0.312 e. The molecule has 0 saturated carbocycles. The second kappa shape index (κ2) is 5.00. The number of para-hydroxylation sites is 1. The molecule has 102 valence electrons. The quantitative estimate of drug-likeness (QED) is 0.618. The molecule has 0 amide bonds. The summed E-state index contributed by atoms with van der Waals surface area (Å²) in [7, 11) is 1.58. The van der Waals surface area contributed by atoms with E-state index in [2.05, 4.69) is 31.2 Å². The van der Waals surface area contributed by atoms with Crippen molar-refractivity contribution in [3.05, 3.63) is 59.2 Å². The molecule has 0 spiro atoms. The maximum absolute atomic E-state index is 11.9. The van der Waals surface area contributed by atoms with Crippen LogP contribution in [0.5, 0.6) is 11.5 Å². The first-order chi connectivity index (χ1) is 9.69. The average molecular weight is 268 g/mol. The van der Waals surface area contributed by atoms with Crippen molar-refractivity contribution in [1.29, 1.82) is 0 Å². The number of esters is 1. The van der Waals surface area contributed by atoms with Gasteiger partial charge in [0, 0.05) is 11.5 Å². The summed E-state index contributed by atoms with van der Waals surface area (Å²) in [6, 6.07) is 14.0. The molecule has 2 aromatic carbocycles. The SMILES string of the molecule is COc1cccc2c1OC(=O)C[C@H]2c1ccc(C)cc1. The molecule has 0 aromatic heterocycles. The smallest absolute Gasteiger partial charge is 0.312 e. The molecule has 0 N–H and O–H groups in total. The molecule has 20 heavy (non-hydrogen) atoms. The number of carbonyl (C=O) groups is 1. The zero-order valence-corrected chi connectivity index (χ0v) is 11.6. The number of ether oxygens (including phenoxy) is 2. The lowest BCUT2D eigenvalue weighted by molar-refractivity contribution is -0.135. The van der Waals surface area contributed by atoms with Crippen molar-refractivity contribution >= 4 is 5.97 Å². The lowest BCUT2D eigenvalue weighted by Gasteiger charge is -2.26. The summed E-state index contributed by atoms with van der Waals surface area (Å²) in [5, 5.41) is 0. The van der Waals surface area contributed by atoms with E-state index in [4.69, 9.17) is 9.47 Å². The van der Waals surface area contributed by atoms with Gasteiger partial charge in [0.05, 0.1) is 13.5 Å². The zero-order valence-electron chi connectivity index (χ0n) is 11.6. The minimum Gasteiger partial charge on any atom is -0.493 e. The van der Waals surface area contributed by atoms with Crippen LogP contribution in [-0.4, -0.2) is 13.1 Å². The molecule has 1 aliphatic heterocycles. The Hall–Kier alpha value is -2.29. The van der Waals surface area contributed by atoms with Gasteiger partial charge in [0.15, 0.2) is 11.5 Å². The normalized spacial score (nSPS) is 17.3. The molecule has 3 nitrogen and oxygen atoms in total. The van der Waals surface area contributed by atoms with Crippen LogP contribution in [0.25, 0.3) is 0 Å². The van der Waals surface area contributed by atoms with Gasteiger partial charge in [-0.1, -0.05) is 42.0 Å². The lowest BCUT2D eigenvalue weighted by Crippen LogP contribution is -2.21. The van der Waals surface area contributed by atoms with Crippen LogP contribution < -0.4 is 9.47 Å². The standard InChI is InChI=1S/C17H16O3/c1-11-6-8-12(9-7-11)14-10-16(18)20-17-13(14)4-3-5-15(17)19-2/h3-9,14H,10H2,1-2H3/t14-/m0/s1. The zero-order chi connectivity index (χ0) is 14.1. The molecule has 1 heterocycles. The van der Waals surface area contributed by atoms with Crippen LogP contribution in [0.1, 0.15) is 29.0 Å². The van der Waals surface area contributed by atoms with E-state index < -0.39 is 0 Å². The Labute approximate surface area is 118 Å². The summed E-state index contributed by atoms with van der Waals surface area (Å²) < 4.78 is 10.7. The van der Waals surface area contributed by atoms with Crippen molar-refractivity contribution in [2.24, 2.45) is 0 Å². The second-order valence-electron chi connectivity index (χ2n) is 5.02. The highest BCUT2D eigenvalue weighted by Gasteiger charge is 2.30. The minimum absolute atomic E-state index is 0.0296. The second-order valence-corrected chi connectivity index (χ2v) is 5.02. The molecule has 0 radical (unpaired) electrons. The van der Waals surface area contributed by atoms with Crippen LogP contribution in [0, 0.1) is 6.92 Å². The number of hydrogen-bond donors (Lipinski definition) is 0. The number of benzene rings is 2. The van der Waals surface area contributed by atoms with E-state index in [0.717, 1.165) is 11.1 Å². The van der Waals surface area contributed by atoms with Crippen LogP contribution in [0.4, 0.5) is 0 Å². The van der Waals surface area contributed by atoms with E-state index in [9.17, 15) is 4.79 Å². The summed E-state index contributed by atoms with van der Waals surface area (Å²) in [5.41, 5.74) is 3.34. The minimum atomic E-state index is -0.215. The van der Waals surface area contributed by atoms with E-state index in [0.29, 0.717) is 17.9 Å². The van der Waals surface area contributed by atoms with Gasteiger partial charge in [-0.25, -0.2) is 0 Å². The summed E-state index contributed by atoms with van der Waals surface area (Å²) in [6.07, 6.45) is 0.364. The molecular formula is C17H16O3. The van der Waals surface area contributed by atoms with Crippen molar-refractivity contribution in [2.75, 3.05) is 7.11 Å². The summed E-state index contributed by atoms with van der Waals surface area (Å²) in [5.74, 6) is 0.971. The summed E-state index contributed by atoms with van der Waals surface area (Å²) in [6.45, 7) is 2.05. The molecular weight excluding hydrogens is 252 g/mol. The number of fused-ring (bicyclic) bond motifs is 1. The molecule has 0 aliphatic carbocycles. The Morgan fingerprint density at radius 1 is 1.15 bits per heavy atom. The number of methoxy groups -OCH3 is 1. The number of rotatable bonds is 2. The predicted molar refractivity (Wildman–Crippen MR) is 76.3 cm³/mol. The van der Waals surface area contributed by atoms with Crippen LogP contribution >= 0.6 is 0 Å². The van der Waals surface area contributed by atoms with Gasteiger partial charge in [0.25, 0.3) is 0 Å². The number of hydrogen-bond acceptors (Lipinski definition) is 3. The predicted octanol–water partition coefficient (Wildman–Crippen LogP) is 3.44. The van der Waals surface area contributed by atoms with E-state index in [1.54, 1.807) is 7.11 Å².